The Kier molecular flexibility index (Phi) is 2.72. The first-order valence-corrected chi connectivity index (χ1v) is 5.37. The Labute approximate surface area is 93.8 Å². The molecule has 2 nitrogen and oxygen atoms in total. The summed E-state index contributed by atoms with van der Waals surface area (Å²) in [6.07, 6.45) is 0.970. The van der Waals surface area contributed by atoms with Crippen molar-refractivity contribution in [2.75, 3.05) is 0 Å². The van der Waals surface area contributed by atoms with Crippen molar-refractivity contribution in [2.45, 2.75) is 26.3 Å². The minimum Gasteiger partial charge on any atom is -0.271 e. The van der Waals surface area contributed by atoms with Gasteiger partial charge in [-0.3, -0.25) is 11.3 Å². The van der Waals surface area contributed by atoms with Gasteiger partial charge in [-0.1, -0.05) is 26.0 Å². The van der Waals surface area contributed by atoms with Gasteiger partial charge in [-0.15, -0.1) is 0 Å². The summed E-state index contributed by atoms with van der Waals surface area (Å²) in [6, 6.07) is 3.89. The second-order valence-electron chi connectivity index (χ2n) is 5.09. The molecule has 1 aromatic carbocycles. The molecular weight excluding hydrogens is 210 g/mol. The topological polar surface area (TPSA) is 38.0 Å². The summed E-state index contributed by atoms with van der Waals surface area (Å²) in [5.41, 5.74) is 3.06. The highest BCUT2D eigenvalue weighted by molar-refractivity contribution is 5.25. The van der Waals surface area contributed by atoms with E-state index >= 15 is 0 Å². The number of benzene rings is 1. The Hall–Kier alpha value is -1.00. The molecule has 16 heavy (non-hydrogen) atoms. The monoisotopic (exact) mass is 226 g/mol. The van der Waals surface area contributed by atoms with Crippen LogP contribution in [0.5, 0.6) is 0 Å². The van der Waals surface area contributed by atoms with Gasteiger partial charge in [-0.25, -0.2) is 8.78 Å². The number of nitrogens with one attached hydrogen (secondary N) is 1. The number of hydrazine groups is 1. The number of halogens is 2. The van der Waals surface area contributed by atoms with Gasteiger partial charge in [0.1, 0.15) is 0 Å². The van der Waals surface area contributed by atoms with Crippen LogP contribution in [-0.4, -0.2) is 0 Å². The molecule has 0 aromatic heterocycles. The molecule has 4 heteroatoms. The Morgan fingerprint density at radius 2 is 2.06 bits per heavy atom. The van der Waals surface area contributed by atoms with E-state index in [4.69, 9.17) is 5.84 Å². The van der Waals surface area contributed by atoms with Crippen molar-refractivity contribution in [3.8, 4) is 0 Å². The largest absolute Gasteiger partial charge is 0.271 e. The molecule has 1 aliphatic carbocycles. The minimum absolute atomic E-state index is 0.149. The fourth-order valence-electron chi connectivity index (χ4n) is 2.26. The highest BCUT2D eigenvalue weighted by Gasteiger charge is 2.50. The van der Waals surface area contributed by atoms with Crippen LogP contribution in [0, 0.1) is 23.0 Å². The summed E-state index contributed by atoms with van der Waals surface area (Å²) < 4.78 is 26.7. The summed E-state index contributed by atoms with van der Waals surface area (Å²) in [7, 11) is 0. The van der Waals surface area contributed by atoms with Crippen molar-refractivity contribution < 1.29 is 8.78 Å². The van der Waals surface area contributed by atoms with Gasteiger partial charge in [0.05, 0.1) is 6.04 Å². The SMILES string of the molecule is CC1(C)CC1C(NN)c1cccc(F)c1F. The average Bonchev–Trinajstić information content (AvgIpc) is 2.83. The molecule has 0 amide bonds. The number of hydrogen-bond donors (Lipinski definition) is 2. The summed E-state index contributed by atoms with van der Waals surface area (Å²) >= 11 is 0. The van der Waals surface area contributed by atoms with Crippen LogP contribution < -0.4 is 11.3 Å². The molecule has 0 aliphatic heterocycles. The third-order valence-corrected chi connectivity index (χ3v) is 3.49. The molecule has 1 aromatic rings. The minimum atomic E-state index is -0.823. The van der Waals surface area contributed by atoms with E-state index in [1.54, 1.807) is 6.07 Å². The van der Waals surface area contributed by atoms with Crippen LogP contribution in [0.1, 0.15) is 31.9 Å². The highest BCUT2D eigenvalue weighted by Crippen LogP contribution is 2.57. The maximum Gasteiger partial charge on any atom is 0.163 e. The fourth-order valence-corrected chi connectivity index (χ4v) is 2.26. The van der Waals surface area contributed by atoms with Crippen molar-refractivity contribution >= 4 is 0 Å². The van der Waals surface area contributed by atoms with Gasteiger partial charge in [0, 0.05) is 5.56 Å². The van der Waals surface area contributed by atoms with E-state index in [1.165, 1.54) is 6.07 Å². The average molecular weight is 226 g/mol. The van der Waals surface area contributed by atoms with Gasteiger partial charge in [-0.2, -0.15) is 0 Å². The van der Waals surface area contributed by atoms with Crippen molar-refractivity contribution in [2.24, 2.45) is 17.2 Å². The van der Waals surface area contributed by atoms with E-state index in [-0.39, 0.29) is 17.4 Å². The Bertz CT molecular complexity index is 404. The standard InChI is InChI=1S/C12H16F2N2/c1-12(2)6-8(12)11(16-15)7-4-3-5-9(13)10(7)14/h3-5,8,11,16H,6,15H2,1-2H3. The highest BCUT2D eigenvalue weighted by atomic mass is 19.2. The summed E-state index contributed by atoms with van der Waals surface area (Å²) in [5.74, 6) is 4.08. The van der Waals surface area contributed by atoms with Crippen LogP contribution in [0.25, 0.3) is 0 Å². The number of rotatable bonds is 3. The van der Waals surface area contributed by atoms with Crippen molar-refractivity contribution in [3.63, 3.8) is 0 Å². The molecule has 0 heterocycles. The zero-order valence-electron chi connectivity index (χ0n) is 9.43. The second-order valence-corrected chi connectivity index (χ2v) is 5.09. The summed E-state index contributed by atoms with van der Waals surface area (Å²) in [4.78, 5) is 0. The van der Waals surface area contributed by atoms with Gasteiger partial charge in [-0.05, 0) is 23.8 Å². The third-order valence-electron chi connectivity index (χ3n) is 3.49. The van der Waals surface area contributed by atoms with Crippen molar-refractivity contribution in [1.29, 1.82) is 0 Å². The predicted octanol–water partition coefficient (Wildman–Crippen LogP) is 2.52. The van der Waals surface area contributed by atoms with E-state index in [0.717, 1.165) is 12.5 Å². The maximum atomic E-state index is 13.6. The summed E-state index contributed by atoms with van der Waals surface area (Å²) in [5, 5.41) is 0. The van der Waals surface area contributed by atoms with E-state index in [9.17, 15) is 8.78 Å². The van der Waals surface area contributed by atoms with E-state index in [0.29, 0.717) is 5.56 Å². The lowest BCUT2D eigenvalue weighted by Crippen LogP contribution is -2.31. The number of nitrogens with two attached hydrogens (primary N) is 1. The third kappa shape index (κ3) is 1.83. The van der Waals surface area contributed by atoms with E-state index < -0.39 is 11.6 Å². The Morgan fingerprint density at radius 1 is 1.44 bits per heavy atom. The summed E-state index contributed by atoms with van der Waals surface area (Å²) in [6.45, 7) is 4.19. The molecule has 0 bridgehead atoms. The van der Waals surface area contributed by atoms with E-state index in [2.05, 4.69) is 19.3 Å². The normalized spacial score (nSPS) is 24.2. The van der Waals surface area contributed by atoms with Crippen molar-refractivity contribution in [3.05, 3.63) is 35.4 Å². The quantitative estimate of drug-likeness (QED) is 0.614. The zero-order valence-corrected chi connectivity index (χ0v) is 9.43. The van der Waals surface area contributed by atoms with Crippen LogP contribution in [0.3, 0.4) is 0 Å². The van der Waals surface area contributed by atoms with Gasteiger partial charge in [0.25, 0.3) is 0 Å². The first-order chi connectivity index (χ1) is 7.47. The van der Waals surface area contributed by atoms with Gasteiger partial charge >= 0.3 is 0 Å². The molecule has 1 fully saturated rings. The molecule has 3 N–H and O–H groups in total. The van der Waals surface area contributed by atoms with Gasteiger partial charge in [0.2, 0.25) is 0 Å². The predicted molar refractivity (Wildman–Crippen MR) is 58.3 cm³/mol. The number of hydrogen-bond acceptors (Lipinski definition) is 2. The maximum absolute atomic E-state index is 13.6. The van der Waals surface area contributed by atoms with Crippen molar-refractivity contribution in [1.82, 2.24) is 5.43 Å². The molecule has 2 unspecified atom stereocenters. The smallest absolute Gasteiger partial charge is 0.163 e. The lowest BCUT2D eigenvalue weighted by Gasteiger charge is -2.18. The zero-order chi connectivity index (χ0) is 11.9. The molecule has 1 aliphatic rings. The van der Waals surface area contributed by atoms with E-state index in [1.807, 2.05) is 0 Å². The molecule has 0 saturated heterocycles. The molecular formula is C12H16F2N2. The van der Waals surface area contributed by atoms with Crippen LogP contribution in [-0.2, 0) is 0 Å². The Morgan fingerprint density at radius 3 is 2.56 bits per heavy atom. The van der Waals surface area contributed by atoms with Crippen LogP contribution >= 0.6 is 0 Å². The van der Waals surface area contributed by atoms with Crippen LogP contribution in [0.4, 0.5) is 8.78 Å². The van der Waals surface area contributed by atoms with Gasteiger partial charge in [0.15, 0.2) is 11.6 Å². The molecule has 1 saturated carbocycles. The molecule has 0 radical (unpaired) electrons. The first kappa shape index (κ1) is 11.5. The van der Waals surface area contributed by atoms with Crippen LogP contribution in [0.2, 0.25) is 0 Å². The molecule has 2 rings (SSSR count). The lowest BCUT2D eigenvalue weighted by atomic mass is 9.97. The van der Waals surface area contributed by atoms with Gasteiger partial charge < -0.3 is 0 Å². The first-order valence-electron chi connectivity index (χ1n) is 5.37. The second kappa shape index (κ2) is 3.79. The molecule has 0 spiro atoms. The molecule has 88 valence electrons. The Balaban J connectivity index is 2.31. The van der Waals surface area contributed by atoms with Crippen LogP contribution in [0.15, 0.2) is 18.2 Å². The fraction of sp³-hybridized carbons (Fsp3) is 0.500. The molecule has 2 atom stereocenters. The lowest BCUT2D eigenvalue weighted by molar-refractivity contribution is 0.398.